The molecule has 0 unspecified atom stereocenters. The van der Waals surface area contributed by atoms with Gasteiger partial charge < -0.3 is 23.5 Å². The van der Waals surface area contributed by atoms with Gasteiger partial charge in [0.15, 0.2) is 0 Å². The SMILES string of the molecule is CS[C-](C)SC.[Re]. The topological polar surface area (TPSA) is 0 Å². The molecule has 0 fully saturated rings. The van der Waals surface area contributed by atoms with Crippen LogP contribution in [0.3, 0.4) is 0 Å². The maximum atomic E-state index is 2.12. The molecule has 0 amide bonds. The van der Waals surface area contributed by atoms with Crippen LogP contribution in [0.1, 0.15) is 6.92 Å². The Hall–Kier alpha value is 1.36. The Morgan fingerprint density at radius 1 is 1.14 bits per heavy atom. The van der Waals surface area contributed by atoms with Crippen molar-refractivity contribution in [1.82, 2.24) is 0 Å². The van der Waals surface area contributed by atoms with E-state index in [2.05, 4.69) is 19.4 Å². The summed E-state index contributed by atoms with van der Waals surface area (Å²) in [5.41, 5.74) is 0. The molecule has 0 saturated heterocycles. The van der Waals surface area contributed by atoms with Gasteiger partial charge in [0.1, 0.15) is 0 Å². The fourth-order valence-corrected chi connectivity index (χ4v) is 0.750. The minimum absolute atomic E-state index is 0. The summed E-state index contributed by atoms with van der Waals surface area (Å²) in [4.78, 5) is 0. The third-order valence-electron chi connectivity index (χ3n) is 0.575. The van der Waals surface area contributed by atoms with Crippen molar-refractivity contribution in [2.75, 3.05) is 12.5 Å². The molecule has 0 aliphatic carbocycles. The molecule has 0 bridgehead atoms. The van der Waals surface area contributed by atoms with Gasteiger partial charge in [-0.25, -0.2) is 4.58 Å². The van der Waals surface area contributed by atoms with Crippen molar-refractivity contribution in [1.29, 1.82) is 0 Å². The predicted molar refractivity (Wildman–Crippen MR) is 35.9 cm³/mol. The van der Waals surface area contributed by atoms with Crippen LogP contribution in [-0.2, 0) is 20.4 Å². The molecule has 0 aromatic heterocycles. The van der Waals surface area contributed by atoms with Crippen molar-refractivity contribution in [3.05, 3.63) is 4.58 Å². The normalized spacial score (nSPS) is 8.57. The Kier molecular flexibility index (Phi) is 11.8. The summed E-state index contributed by atoms with van der Waals surface area (Å²) in [5, 5.41) is 0. The van der Waals surface area contributed by atoms with Crippen molar-refractivity contribution in [3.8, 4) is 0 Å². The summed E-state index contributed by atoms with van der Waals surface area (Å²) in [5.74, 6) is 0. The molecule has 0 N–H and O–H groups in total. The summed E-state index contributed by atoms with van der Waals surface area (Å²) < 4.78 is 1.43. The van der Waals surface area contributed by atoms with Crippen molar-refractivity contribution < 1.29 is 20.4 Å². The van der Waals surface area contributed by atoms with Gasteiger partial charge in [-0.05, 0) is 12.5 Å². The Labute approximate surface area is 67.9 Å². The standard InChI is InChI=1S/C4H9S2.Re/c1-4(5-2)6-3;/h1-3H3;/q-1;. The first-order valence-electron chi connectivity index (χ1n) is 1.72. The Bertz CT molecular complexity index is 28.9. The summed E-state index contributed by atoms with van der Waals surface area (Å²) in [6, 6.07) is 0. The number of rotatable bonds is 2. The van der Waals surface area contributed by atoms with Crippen LogP contribution in [0.2, 0.25) is 0 Å². The average molecular weight is 307 g/mol. The predicted octanol–water partition coefficient (Wildman–Crippen LogP) is 2.22. The Morgan fingerprint density at radius 3 is 1.43 bits per heavy atom. The monoisotopic (exact) mass is 308 g/mol. The molecular formula is C4H9ReS2-. The molecule has 0 aromatic carbocycles. The molecule has 0 saturated carbocycles. The van der Waals surface area contributed by atoms with Crippen LogP contribution in [0.15, 0.2) is 0 Å². The fraction of sp³-hybridized carbons (Fsp3) is 0.750. The van der Waals surface area contributed by atoms with Gasteiger partial charge >= 0.3 is 0 Å². The second-order valence-electron chi connectivity index (χ2n) is 0.900. The smallest absolute Gasteiger partial charge is 0 e. The number of thioether (sulfide) groups is 2. The van der Waals surface area contributed by atoms with Gasteiger partial charge in [0.2, 0.25) is 0 Å². The molecule has 1 radical (unpaired) electrons. The molecule has 0 aliphatic rings. The zero-order valence-electron chi connectivity index (χ0n) is 4.69. The maximum absolute atomic E-state index is 2.12. The summed E-state index contributed by atoms with van der Waals surface area (Å²) >= 11 is 3.61. The molecule has 45 valence electrons. The zero-order chi connectivity index (χ0) is 4.99. The Morgan fingerprint density at radius 2 is 1.43 bits per heavy atom. The fourth-order valence-electron chi connectivity index (χ4n) is 0.0833. The van der Waals surface area contributed by atoms with E-state index >= 15 is 0 Å². The van der Waals surface area contributed by atoms with E-state index in [1.165, 1.54) is 4.58 Å². The molecule has 0 heterocycles. The molecule has 0 aliphatic heterocycles. The molecule has 0 aromatic rings. The van der Waals surface area contributed by atoms with Gasteiger partial charge in [-0.1, -0.05) is 0 Å². The summed E-state index contributed by atoms with van der Waals surface area (Å²) in [6.45, 7) is 2.12. The average Bonchev–Trinajstić information content (AvgIpc) is 1.65. The molecule has 0 spiro atoms. The van der Waals surface area contributed by atoms with E-state index in [1.54, 1.807) is 23.5 Å². The van der Waals surface area contributed by atoms with Crippen LogP contribution in [0.25, 0.3) is 0 Å². The Balaban J connectivity index is 0. The van der Waals surface area contributed by atoms with Crippen LogP contribution in [0.5, 0.6) is 0 Å². The zero-order valence-corrected chi connectivity index (χ0v) is 9.04. The largest absolute Gasteiger partial charge is 0.341 e. The van der Waals surface area contributed by atoms with Crippen molar-refractivity contribution in [2.45, 2.75) is 6.92 Å². The molecule has 0 nitrogen and oxygen atoms in total. The maximum Gasteiger partial charge on any atom is 0 e. The third kappa shape index (κ3) is 7.36. The number of hydrogen-bond donors (Lipinski definition) is 0. The summed E-state index contributed by atoms with van der Waals surface area (Å²) in [7, 11) is 0. The van der Waals surface area contributed by atoms with E-state index in [0.717, 1.165) is 0 Å². The van der Waals surface area contributed by atoms with E-state index in [9.17, 15) is 0 Å². The first-order chi connectivity index (χ1) is 2.81. The van der Waals surface area contributed by atoms with Crippen LogP contribution in [-0.4, -0.2) is 12.5 Å². The molecule has 7 heavy (non-hydrogen) atoms. The number of hydrogen-bond acceptors (Lipinski definition) is 2. The van der Waals surface area contributed by atoms with Crippen LogP contribution < -0.4 is 0 Å². The van der Waals surface area contributed by atoms with E-state index < -0.39 is 0 Å². The molecule has 3 heteroatoms. The second-order valence-corrected chi connectivity index (χ2v) is 3.20. The van der Waals surface area contributed by atoms with Crippen molar-refractivity contribution in [2.24, 2.45) is 0 Å². The van der Waals surface area contributed by atoms with Gasteiger partial charge in [-0.15, -0.1) is 0 Å². The van der Waals surface area contributed by atoms with E-state index in [0.29, 0.717) is 0 Å². The molecule has 0 rings (SSSR count). The van der Waals surface area contributed by atoms with Gasteiger partial charge in [0.05, 0.1) is 0 Å². The second kappa shape index (κ2) is 7.36. The van der Waals surface area contributed by atoms with Crippen molar-refractivity contribution in [3.63, 3.8) is 0 Å². The first-order valence-corrected chi connectivity index (χ1v) is 4.17. The van der Waals surface area contributed by atoms with Gasteiger partial charge in [0, 0.05) is 20.4 Å². The minimum Gasteiger partial charge on any atom is -0.341 e. The van der Waals surface area contributed by atoms with E-state index in [1.807, 2.05) is 0 Å². The van der Waals surface area contributed by atoms with Crippen LogP contribution in [0, 0.1) is 4.58 Å². The summed E-state index contributed by atoms with van der Waals surface area (Å²) in [6.07, 6.45) is 4.18. The van der Waals surface area contributed by atoms with Gasteiger partial charge in [-0.2, -0.15) is 6.92 Å². The first kappa shape index (κ1) is 11.2. The molecule has 0 atom stereocenters. The van der Waals surface area contributed by atoms with E-state index in [-0.39, 0.29) is 20.4 Å². The van der Waals surface area contributed by atoms with Crippen LogP contribution >= 0.6 is 23.5 Å². The molecular weight excluding hydrogens is 298 g/mol. The van der Waals surface area contributed by atoms with E-state index in [4.69, 9.17) is 0 Å². The van der Waals surface area contributed by atoms with Crippen LogP contribution in [0.4, 0.5) is 0 Å². The minimum atomic E-state index is 0. The van der Waals surface area contributed by atoms with Gasteiger partial charge in [-0.3, -0.25) is 0 Å². The third-order valence-corrected chi connectivity index (χ3v) is 2.72. The van der Waals surface area contributed by atoms with Gasteiger partial charge in [0.25, 0.3) is 0 Å². The quantitative estimate of drug-likeness (QED) is 0.718. The van der Waals surface area contributed by atoms with Crippen molar-refractivity contribution >= 4 is 23.5 Å².